The molecule has 0 aromatic heterocycles. The maximum atomic E-state index is 12.9. The van der Waals surface area contributed by atoms with E-state index in [1.807, 2.05) is 13.8 Å². The Labute approximate surface area is 255 Å². The molecule has 0 bridgehead atoms. The van der Waals surface area contributed by atoms with Gasteiger partial charge in [0, 0.05) is 25.4 Å². The number of carbonyl (C=O) groups is 3. The standard InChI is InChI=1S/C36H55N2O3P/c1-3-27(2)38-35(40)32-24-23-28(26-33(32)36(38)41)37-34(39)22-14-7-15-25-42(29-16-8-4-9-17-29,30-18-10-5-11-19-30)31-20-12-6-13-21-31/h23-24,26-27,29-31H,3-22,25H2,1-2H3/p+1. The number of hydrogen-bond acceptors (Lipinski definition) is 3. The summed E-state index contributed by atoms with van der Waals surface area (Å²) in [5.41, 5.74) is 4.57. The highest BCUT2D eigenvalue weighted by atomic mass is 31.2. The largest absolute Gasteiger partial charge is 0.326 e. The molecule has 5 rings (SSSR count). The first-order valence-electron chi connectivity index (χ1n) is 17.6. The van der Waals surface area contributed by atoms with Crippen LogP contribution in [0.1, 0.15) is 163 Å². The van der Waals surface area contributed by atoms with Crippen molar-refractivity contribution in [2.75, 3.05) is 11.5 Å². The van der Waals surface area contributed by atoms with Crippen molar-refractivity contribution < 1.29 is 14.4 Å². The minimum atomic E-state index is -1.04. The van der Waals surface area contributed by atoms with Crippen molar-refractivity contribution in [3.05, 3.63) is 29.3 Å². The van der Waals surface area contributed by atoms with Crippen LogP contribution in [0.2, 0.25) is 0 Å². The van der Waals surface area contributed by atoms with Crippen LogP contribution in [0.25, 0.3) is 0 Å². The summed E-state index contributed by atoms with van der Waals surface area (Å²) in [5, 5.41) is 3.01. The summed E-state index contributed by atoms with van der Waals surface area (Å²) in [6.07, 6.45) is 28.3. The van der Waals surface area contributed by atoms with Crippen LogP contribution < -0.4 is 5.32 Å². The zero-order chi connectivity index (χ0) is 29.5. The predicted octanol–water partition coefficient (Wildman–Crippen LogP) is 9.60. The summed E-state index contributed by atoms with van der Waals surface area (Å²) in [6, 6.07) is 5.01. The molecule has 1 heterocycles. The SMILES string of the molecule is CCC(C)N1C(=O)c2ccc(NC(=O)CCCCC[P+](C3CCCCC3)(C3CCCCC3)C3CCCCC3)cc2C1=O. The first-order chi connectivity index (χ1) is 20.5. The van der Waals surface area contributed by atoms with Crippen molar-refractivity contribution in [2.24, 2.45) is 0 Å². The lowest BCUT2D eigenvalue weighted by atomic mass is 9.99. The lowest BCUT2D eigenvalue weighted by Gasteiger charge is -2.49. The van der Waals surface area contributed by atoms with Crippen molar-refractivity contribution in [1.82, 2.24) is 4.90 Å². The molecular weight excluding hydrogens is 539 g/mol. The van der Waals surface area contributed by atoms with Crippen LogP contribution >= 0.6 is 7.26 Å². The number of benzene rings is 1. The minimum absolute atomic E-state index is 0.0124. The van der Waals surface area contributed by atoms with Crippen molar-refractivity contribution in [3.8, 4) is 0 Å². The second-order valence-electron chi connectivity index (χ2n) is 14.0. The highest BCUT2D eigenvalue weighted by molar-refractivity contribution is 7.77. The van der Waals surface area contributed by atoms with Gasteiger partial charge in [-0.3, -0.25) is 19.3 Å². The van der Waals surface area contributed by atoms with Crippen LogP contribution in [0, 0.1) is 0 Å². The van der Waals surface area contributed by atoms with E-state index < -0.39 is 7.26 Å². The van der Waals surface area contributed by atoms with Gasteiger partial charge in [0.1, 0.15) is 0 Å². The fourth-order valence-corrected chi connectivity index (χ4v) is 16.8. The van der Waals surface area contributed by atoms with Gasteiger partial charge in [-0.2, -0.15) is 0 Å². The van der Waals surface area contributed by atoms with Crippen LogP contribution in [0.5, 0.6) is 0 Å². The molecule has 0 radical (unpaired) electrons. The van der Waals surface area contributed by atoms with Crippen molar-refractivity contribution in [1.29, 1.82) is 0 Å². The van der Waals surface area contributed by atoms with Gasteiger partial charge in [-0.15, -0.1) is 0 Å². The zero-order valence-electron chi connectivity index (χ0n) is 26.5. The molecule has 1 aromatic rings. The maximum Gasteiger partial charge on any atom is 0.261 e. The summed E-state index contributed by atoms with van der Waals surface area (Å²) in [5.74, 6) is -0.463. The number of anilines is 1. The van der Waals surface area contributed by atoms with Crippen LogP contribution in [-0.2, 0) is 4.79 Å². The van der Waals surface area contributed by atoms with Crippen molar-refractivity contribution in [3.63, 3.8) is 0 Å². The molecule has 3 saturated carbocycles. The third-order valence-electron chi connectivity index (χ3n) is 11.4. The van der Waals surface area contributed by atoms with Gasteiger partial charge in [0.05, 0.1) is 34.3 Å². The van der Waals surface area contributed by atoms with Gasteiger partial charge in [-0.1, -0.05) is 26.2 Å². The number of nitrogens with zero attached hydrogens (tertiary/aromatic N) is 1. The van der Waals surface area contributed by atoms with E-state index in [0.717, 1.165) is 36.2 Å². The monoisotopic (exact) mass is 595 g/mol. The van der Waals surface area contributed by atoms with E-state index in [0.29, 0.717) is 23.2 Å². The van der Waals surface area contributed by atoms with E-state index >= 15 is 0 Å². The number of hydrogen-bond donors (Lipinski definition) is 1. The Morgan fingerprint density at radius 2 is 1.31 bits per heavy atom. The van der Waals surface area contributed by atoms with Gasteiger partial charge in [-0.05, 0) is 128 Å². The Bertz CT molecular complexity index is 1040. The Hall–Kier alpha value is -1.74. The van der Waals surface area contributed by atoms with E-state index in [1.165, 1.54) is 114 Å². The Kier molecular flexibility index (Phi) is 11.2. The molecule has 3 amide bonds. The molecule has 0 saturated heterocycles. The van der Waals surface area contributed by atoms with Crippen LogP contribution in [0.15, 0.2) is 18.2 Å². The highest BCUT2D eigenvalue weighted by Crippen LogP contribution is 2.77. The van der Waals surface area contributed by atoms with Gasteiger partial charge in [-0.25, -0.2) is 0 Å². The van der Waals surface area contributed by atoms with Gasteiger partial charge in [0.25, 0.3) is 11.8 Å². The first-order valence-corrected chi connectivity index (χ1v) is 19.8. The summed E-state index contributed by atoms with van der Waals surface area (Å²) in [7, 11) is -1.04. The fourth-order valence-electron chi connectivity index (χ4n) is 9.12. The lowest BCUT2D eigenvalue weighted by molar-refractivity contribution is -0.116. The smallest absolute Gasteiger partial charge is 0.261 e. The topological polar surface area (TPSA) is 66.5 Å². The van der Waals surface area contributed by atoms with E-state index in [-0.39, 0.29) is 23.8 Å². The molecular formula is C36H56N2O3P+. The van der Waals surface area contributed by atoms with Crippen LogP contribution in [-0.4, -0.2) is 51.8 Å². The highest BCUT2D eigenvalue weighted by Gasteiger charge is 2.56. The van der Waals surface area contributed by atoms with E-state index in [4.69, 9.17) is 0 Å². The number of unbranched alkanes of at least 4 members (excludes halogenated alkanes) is 2. The molecule has 4 aliphatic rings. The number of rotatable bonds is 12. The van der Waals surface area contributed by atoms with E-state index in [1.54, 1.807) is 18.2 Å². The summed E-state index contributed by atoms with van der Waals surface area (Å²) in [6.45, 7) is 3.87. The Morgan fingerprint density at radius 3 is 1.83 bits per heavy atom. The minimum Gasteiger partial charge on any atom is -0.326 e. The zero-order valence-corrected chi connectivity index (χ0v) is 27.4. The molecule has 3 fully saturated rings. The molecule has 6 heteroatoms. The third-order valence-corrected chi connectivity index (χ3v) is 18.2. The molecule has 42 heavy (non-hydrogen) atoms. The molecule has 1 N–H and O–H groups in total. The quantitative estimate of drug-likeness (QED) is 0.149. The number of fused-ring (bicyclic) bond motifs is 1. The second-order valence-corrected chi connectivity index (χ2v) is 18.6. The van der Waals surface area contributed by atoms with Gasteiger partial charge < -0.3 is 5.32 Å². The average Bonchev–Trinajstić information content (AvgIpc) is 3.28. The summed E-state index contributed by atoms with van der Waals surface area (Å²) < 4.78 is 0. The lowest BCUT2D eigenvalue weighted by Crippen LogP contribution is -2.37. The maximum absolute atomic E-state index is 12.9. The fraction of sp³-hybridized carbons (Fsp3) is 0.750. The van der Waals surface area contributed by atoms with Gasteiger partial charge >= 0.3 is 0 Å². The molecule has 0 spiro atoms. The molecule has 1 aliphatic heterocycles. The number of amides is 3. The number of imide groups is 1. The summed E-state index contributed by atoms with van der Waals surface area (Å²) >= 11 is 0. The van der Waals surface area contributed by atoms with Crippen LogP contribution in [0.4, 0.5) is 5.69 Å². The Balaban J connectivity index is 1.17. The Morgan fingerprint density at radius 1 is 0.786 bits per heavy atom. The van der Waals surface area contributed by atoms with Gasteiger partial charge in [0.2, 0.25) is 5.91 Å². The summed E-state index contributed by atoms with van der Waals surface area (Å²) in [4.78, 5) is 39.9. The molecule has 5 nitrogen and oxygen atoms in total. The van der Waals surface area contributed by atoms with E-state index in [9.17, 15) is 14.4 Å². The van der Waals surface area contributed by atoms with Crippen molar-refractivity contribution >= 4 is 30.7 Å². The molecule has 3 aliphatic carbocycles. The van der Waals surface area contributed by atoms with E-state index in [2.05, 4.69) is 5.32 Å². The average molecular weight is 596 g/mol. The third kappa shape index (κ3) is 6.82. The normalized spacial score (nSPS) is 21.9. The molecule has 1 unspecified atom stereocenters. The molecule has 1 atom stereocenters. The molecule has 1 aromatic carbocycles. The number of nitrogens with one attached hydrogen (secondary N) is 1. The van der Waals surface area contributed by atoms with Crippen molar-refractivity contribution in [2.45, 2.75) is 165 Å². The molecule has 232 valence electrons. The second kappa shape index (κ2) is 14.8. The predicted molar refractivity (Wildman–Crippen MR) is 176 cm³/mol. The first kappa shape index (κ1) is 31.7. The number of carbonyl (C=O) groups excluding carboxylic acids is 3. The van der Waals surface area contributed by atoms with Gasteiger partial charge in [0.15, 0.2) is 0 Å². The van der Waals surface area contributed by atoms with Crippen LogP contribution in [0.3, 0.4) is 0 Å².